The minimum Gasteiger partial charge on any atom is -0.508 e. The van der Waals surface area contributed by atoms with Crippen molar-refractivity contribution in [1.29, 1.82) is 0 Å². The fourth-order valence-electron chi connectivity index (χ4n) is 3.62. The lowest BCUT2D eigenvalue weighted by Crippen LogP contribution is -2.31. The van der Waals surface area contributed by atoms with E-state index < -0.39 is 0 Å². The highest BCUT2D eigenvalue weighted by Gasteiger charge is 2.17. The molecule has 1 fully saturated rings. The second-order valence-electron chi connectivity index (χ2n) is 7.83. The molecule has 1 aromatic heterocycles. The van der Waals surface area contributed by atoms with Crippen molar-refractivity contribution < 1.29 is 5.11 Å². The van der Waals surface area contributed by atoms with Gasteiger partial charge in [0, 0.05) is 37.6 Å². The first-order valence-corrected chi connectivity index (χ1v) is 11.3. The number of hydrogen-bond acceptors (Lipinski definition) is 5. The van der Waals surface area contributed by atoms with Gasteiger partial charge in [0.05, 0.1) is 0 Å². The van der Waals surface area contributed by atoms with Crippen LogP contribution in [0.25, 0.3) is 0 Å². The molecule has 3 rings (SSSR count). The van der Waals surface area contributed by atoms with E-state index in [0.717, 1.165) is 50.6 Å². The molecule has 28 heavy (non-hydrogen) atoms. The molecule has 2 heterocycles. The molecule has 1 aliphatic heterocycles. The number of nitrogens with one attached hydrogen (secondary N) is 1. The number of likely N-dealkylation sites (N-methyl/N-ethyl adjacent to an activating group) is 1. The van der Waals surface area contributed by atoms with Crippen molar-refractivity contribution >= 4 is 11.3 Å². The first-order chi connectivity index (χ1) is 13.6. The standard InChI is InChI=1S/C15H24N2O.C8H13NS/c1-13-11-16(2)9-10-17(12-13)8-7-14-5-3-4-6-15(14)18;1-9-6-2-4-8-5-3-7-10-8/h3-6,13,18H,7-12H2,1-2H3;3,5,7,9H,2,4,6H2,1H3/t13-;/m0./s1. The summed E-state index contributed by atoms with van der Waals surface area (Å²) in [6.07, 6.45) is 3.40. The Balaban J connectivity index is 0.000000237. The van der Waals surface area contributed by atoms with Crippen molar-refractivity contribution in [2.45, 2.75) is 26.2 Å². The van der Waals surface area contributed by atoms with Gasteiger partial charge in [-0.3, -0.25) is 0 Å². The van der Waals surface area contributed by atoms with E-state index in [1.54, 1.807) is 6.07 Å². The van der Waals surface area contributed by atoms with E-state index >= 15 is 0 Å². The van der Waals surface area contributed by atoms with Gasteiger partial charge in [-0.1, -0.05) is 31.2 Å². The maximum atomic E-state index is 9.76. The lowest BCUT2D eigenvalue weighted by atomic mass is 10.1. The Morgan fingerprint density at radius 3 is 2.64 bits per heavy atom. The van der Waals surface area contributed by atoms with E-state index in [4.69, 9.17) is 0 Å². The molecule has 0 radical (unpaired) electrons. The summed E-state index contributed by atoms with van der Waals surface area (Å²) >= 11 is 1.85. The summed E-state index contributed by atoms with van der Waals surface area (Å²) < 4.78 is 0. The topological polar surface area (TPSA) is 38.7 Å². The summed E-state index contributed by atoms with van der Waals surface area (Å²) in [6, 6.07) is 12.0. The first kappa shape index (κ1) is 22.9. The molecular weight excluding hydrogens is 366 g/mol. The van der Waals surface area contributed by atoms with Crippen LogP contribution in [0.3, 0.4) is 0 Å². The van der Waals surface area contributed by atoms with Crippen molar-refractivity contribution in [3.05, 3.63) is 52.2 Å². The molecule has 0 unspecified atom stereocenters. The van der Waals surface area contributed by atoms with Crippen LogP contribution in [0.2, 0.25) is 0 Å². The highest BCUT2D eigenvalue weighted by Crippen LogP contribution is 2.17. The van der Waals surface area contributed by atoms with Crippen LogP contribution in [0.15, 0.2) is 41.8 Å². The first-order valence-electron chi connectivity index (χ1n) is 10.4. The minimum atomic E-state index is 0.428. The Kier molecular flexibility index (Phi) is 10.6. The van der Waals surface area contributed by atoms with Gasteiger partial charge in [-0.2, -0.15) is 0 Å². The highest BCUT2D eigenvalue weighted by atomic mass is 32.1. The van der Waals surface area contributed by atoms with Crippen molar-refractivity contribution in [3.8, 4) is 5.75 Å². The number of benzene rings is 1. The van der Waals surface area contributed by atoms with Crippen LogP contribution >= 0.6 is 11.3 Å². The van der Waals surface area contributed by atoms with Gasteiger partial charge in [0.25, 0.3) is 0 Å². The van der Waals surface area contributed by atoms with Crippen LogP contribution in [0.1, 0.15) is 23.8 Å². The molecular formula is C23H37N3OS. The molecule has 0 amide bonds. The van der Waals surface area contributed by atoms with E-state index in [1.165, 1.54) is 24.3 Å². The molecule has 1 aromatic carbocycles. The number of rotatable bonds is 7. The molecule has 1 atom stereocenters. The Morgan fingerprint density at radius 1 is 1.11 bits per heavy atom. The van der Waals surface area contributed by atoms with Crippen LogP contribution in [0.5, 0.6) is 5.75 Å². The summed E-state index contributed by atoms with van der Waals surface area (Å²) in [6.45, 7) is 9.10. The molecule has 0 saturated carbocycles. The molecule has 1 aliphatic rings. The van der Waals surface area contributed by atoms with E-state index in [1.807, 2.05) is 36.6 Å². The maximum absolute atomic E-state index is 9.76. The number of phenolic OH excluding ortho intramolecular Hbond substituents is 1. The number of aromatic hydroxyl groups is 1. The Bertz CT molecular complexity index is 647. The molecule has 2 N–H and O–H groups in total. The lowest BCUT2D eigenvalue weighted by Gasteiger charge is -2.21. The van der Waals surface area contributed by atoms with Gasteiger partial charge in [-0.25, -0.2) is 0 Å². The van der Waals surface area contributed by atoms with E-state index in [9.17, 15) is 5.11 Å². The zero-order valence-corrected chi connectivity index (χ0v) is 18.5. The second kappa shape index (κ2) is 12.9. The minimum absolute atomic E-state index is 0.428. The lowest BCUT2D eigenvalue weighted by molar-refractivity contribution is 0.266. The largest absolute Gasteiger partial charge is 0.508 e. The van der Waals surface area contributed by atoms with Crippen LogP contribution in [0, 0.1) is 5.92 Å². The highest BCUT2D eigenvalue weighted by molar-refractivity contribution is 7.09. The summed E-state index contributed by atoms with van der Waals surface area (Å²) in [5, 5.41) is 15.0. The average molecular weight is 404 g/mol. The van der Waals surface area contributed by atoms with Gasteiger partial charge in [0.1, 0.15) is 5.75 Å². The van der Waals surface area contributed by atoms with E-state index in [2.05, 4.69) is 46.6 Å². The SMILES string of the molecule is CNCCCc1cccs1.C[C@H]1CN(C)CCN(CCc2ccccc2O)C1. The number of thiophene rings is 1. The predicted molar refractivity (Wildman–Crippen MR) is 121 cm³/mol. The summed E-state index contributed by atoms with van der Waals surface area (Å²) in [4.78, 5) is 6.42. The molecule has 5 heteroatoms. The number of hydrogen-bond donors (Lipinski definition) is 2. The van der Waals surface area contributed by atoms with Crippen molar-refractivity contribution in [1.82, 2.24) is 15.1 Å². The average Bonchev–Trinajstić information content (AvgIpc) is 3.13. The summed E-state index contributed by atoms with van der Waals surface area (Å²) in [5.74, 6) is 1.15. The monoisotopic (exact) mass is 403 g/mol. The molecule has 0 aliphatic carbocycles. The number of phenols is 1. The molecule has 1 saturated heterocycles. The zero-order valence-electron chi connectivity index (χ0n) is 17.7. The van der Waals surface area contributed by atoms with Crippen molar-refractivity contribution in [2.75, 3.05) is 53.4 Å². The Hall–Kier alpha value is -1.40. The summed E-state index contributed by atoms with van der Waals surface area (Å²) in [5.41, 5.74) is 1.06. The third kappa shape index (κ3) is 8.74. The molecule has 2 aromatic rings. The van der Waals surface area contributed by atoms with Gasteiger partial charge in [-0.05, 0) is 68.9 Å². The molecule has 0 bridgehead atoms. The Morgan fingerprint density at radius 2 is 1.93 bits per heavy atom. The van der Waals surface area contributed by atoms with Crippen LogP contribution < -0.4 is 5.32 Å². The zero-order chi connectivity index (χ0) is 20.2. The number of nitrogens with zero attached hydrogens (tertiary/aromatic N) is 2. The number of aryl methyl sites for hydroxylation is 1. The van der Waals surface area contributed by atoms with Gasteiger partial charge < -0.3 is 20.2 Å². The fraction of sp³-hybridized carbons (Fsp3) is 0.565. The van der Waals surface area contributed by atoms with Gasteiger partial charge in [-0.15, -0.1) is 11.3 Å². The van der Waals surface area contributed by atoms with Gasteiger partial charge in [0.2, 0.25) is 0 Å². The van der Waals surface area contributed by atoms with Crippen LogP contribution in [0.4, 0.5) is 0 Å². The van der Waals surface area contributed by atoms with Crippen LogP contribution in [-0.4, -0.2) is 68.3 Å². The smallest absolute Gasteiger partial charge is 0.118 e. The summed E-state index contributed by atoms with van der Waals surface area (Å²) in [7, 11) is 4.19. The normalized spacial score (nSPS) is 18.3. The maximum Gasteiger partial charge on any atom is 0.118 e. The van der Waals surface area contributed by atoms with E-state index in [0.29, 0.717) is 5.75 Å². The van der Waals surface area contributed by atoms with Gasteiger partial charge >= 0.3 is 0 Å². The third-order valence-electron chi connectivity index (χ3n) is 5.11. The third-order valence-corrected chi connectivity index (χ3v) is 6.05. The van der Waals surface area contributed by atoms with Gasteiger partial charge in [0.15, 0.2) is 0 Å². The fourth-order valence-corrected chi connectivity index (χ4v) is 4.37. The Labute approximate surface area is 175 Å². The molecule has 0 spiro atoms. The van der Waals surface area contributed by atoms with Crippen molar-refractivity contribution in [2.24, 2.45) is 5.92 Å². The van der Waals surface area contributed by atoms with E-state index in [-0.39, 0.29) is 0 Å². The quantitative estimate of drug-likeness (QED) is 0.691. The predicted octanol–water partition coefficient (Wildman–Crippen LogP) is 3.72. The molecule has 4 nitrogen and oxygen atoms in total. The second-order valence-corrected chi connectivity index (χ2v) is 8.87. The number of para-hydroxylation sites is 1. The van der Waals surface area contributed by atoms with Crippen LogP contribution in [-0.2, 0) is 12.8 Å². The van der Waals surface area contributed by atoms with Crippen molar-refractivity contribution in [3.63, 3.8) is 0 Å². The molecule has 156 valence electrons.